The molecule has 7 N–H and O–H groups in total. The summed E-state index contributed by atoms with van der Waals surface area (Å²) in [4.78, 5) is 13.0. The molecular formula is C54H88O14. The number of hydrogen-bond donors (Lipinski definition) is 7. The molecule has 2 rings (SSSR count). The number of rotatable bonds is 38. The molecule has 2 aliphatic rings. The fourth-order valence-electron chi connectivity index (χ4n) is 7.22. The first-order valence-corrected chi connectivity index (χ1v) is 25.3. The van der Waals surface area contributed by atoms with Crippen molar-refractivity contribution in [3.05, 3.63) is 97.2 Å². The largest absolute Gasteiger partial charge is 0.457 e. The zero-order valence-electron chi connectivity index (χ0n) is 41.0. The summed E-state index contributed by atoms with van der Waals surface area (Å²) in [5.41, 5.74) is 0. The second-order valence-electron chi connectivity index (χ2n) is 17.3. The van der Waals surface area contributed by atoms with Crippen LogP contribution in [0.3, 0.4) is 0 Å². The predicted octanol–water partition coefficient (Wildman–Crippen LogP) is 7.46. The van der Waals surface area contributed by atoms with Crippen molar-refractivity contribution in [2.45, 2.75) is 203 Å². The topological polar surface area (TPSA) is 214 Å². The standard InChI is InChI=1S/C54H88O14/c1-3-5-7-9-11-13-15-16-17-18-19-20-21-22-23-24-25-26-27-29-31-33-35-37-46(56)66-43(40-63-38-36-34-32-30-28-14-12-10-8-6-4-2)41-64-53-52(62)50(60)48(58)45(68-53)42-65-54-51(61)49(59)47(57)44(39-55)67-54/h5,7-8,10-11,13,16-17,19-20,22-23,25-26,29,31,43-45,47-55,57-62H,3-4,6,9,12,14-15,18,21,24,27-28,30,32-42H2,1-2H3/b7-5-,10-8-,13-11-,17-16-,20-19-,23-22-,26-25-,31-29-. The smallest absolute Gasteiger partial charge is 0.306 e. The molecule has 0 spiro atoms. The van der Waals surface area contributed by atoms with Gasteiger partial charge in [0, 0.05) is 13.0 Å². The summed E-state index contributed by atoms with van der Waals surface area (Å²) in [5, 5.41) is 72.0. The van der Waals surface area contributed by atoms with Crippen LogP contribution in [-0.2, 0) is 33.2 Å². The third kappa shape index (κ3) is 27.9. The number of hydrogen-bond acceptors (Lipinski definition) is 14. The molecule has 0 radical (unpaired) electrons. The van der Waals surface area contributed by atoms with Gasteiger partial charge >= 0.3 is 5.97 Å². The maximum absolute atomic E-state index is 13.0. The molecule has 0 aromatic rings. The quantitative estimate of drug-likeness (QED) is 0.0182. The summed E-state index contributed by atoms with van der Waals surface area (Å²) in [6.07, 6.45) is 36.2. The van der Waals surface area contributed by atoms with E-state index in [0.717, 1.165) is 83.5 Å². The first kappa shape index (κ1) is 61.0. The highest BCUT2D eigenvalue weighted by molar-refractivity contribution is 5.69. The van der Waals surface area contributed by atoms with Crippen LogP contribution in [0.4, 0.5) is 0 Å². The van der Waals surface area contributed by atoms with Crippen LogP contribution in [0.2, 0.25) is 0 Å². The minimum atomic E-state index is -1.72. The van der Waals surface area contributed by atoms with Crippen molar-refractivity contribution in [1.82, 2.24) is 0 Å². The highest BCUT2D eigenvalue weighted by atomic mass is 16.7. The van der Waals surface area contributed by atoms with Crippen LogP contribution in [0.5, 0.6) is 0 Å². The third-order valence-electron chi connectivity index (χ3n) is 11.3. The van der Waals surface area contributed by atoms with Crippen LogP contribution >= 0.6 is 0 Å². The maximum Gasteiger partial charge on any atom is 0.306 e. The molecule has 0 aromatic heterocycles. The van der Waals surface area contributed by atoms with E-state index in [1.165, 1.54) is 19.3 Å². The van der Waals surface area contributed by atoms with Crippen molar-refractivity contribution in [2.75, 3.05) is 33.0 Å². The molecule has 388 valence electrons. The highest BCUT2D eigenvalue weighted by Gasteiger charge is 2.47. The number of allylic oxidation sites excluding steroid dienone is 16. The van der Waals surface area contributed by atoms with E-state index in [2.05, 4.69) is 105 Å². The van der Waals surface area contributed by atoms with E-state index in [4.69, 9.17) is 28.4 Å². The highest BCUT2D eigenvalue weighted by Crippen LogP contribution is 2.26. The van der Waals surface area contributed by atoms with Gasteiger partial charge in [0.15, 0.2) is 12.6 Å². The lowest BCUT2D eigenvalue weighted by Gasteiger charge is -2.42. The van der Waals surface area contributed by atoms with Crippen LogP contribution < -0.4 is 0 Å². The normalized spacial score (nSPS) is 26.7. The second-order valence-corrected chi connectivity index (χ2v) is 17.3. The van der Waals surface area contributed by atoms with E-state index < -0.39 is 86.7 Å². The monoisotopic (exact) mass is 961 g/mol. The third-order valence-corrected chi connectivity index (χ3v) is 11.3. The average molecular weight is 961 g/mol. The molecule has 2 saturated heterocycles. The molecule has 0 amide bonds. The van der Waals surface area contributed by atoms with Crippen molar-refractivity contribution in [2.24, 2.45) is 0 Å². The SMILES string of the molecule is CC/C=C\C/C=C\C/C=C\C/C=C\C/C=C\C/C=C\C/C=C\CCCC(=O)OC(COCCCCCCCC/C=C\CCC)COC1OC(COC2OC(CO)C(O)C(O)C2O)C(O)C(O)C1O. The Kier molecular flexibility index (Phi) is 36.5. The van der Waals surface area contributed by atoms with Gasteiger partial charge in [-0.2, -0.15) is 0 Å². The van der Waals surface area contributed by atoms with Gasteiger partial charge in [0.2, 0.25) is 0 Å². The van der Waals surface area contributed by atoms with E-state index in [1.807, 2.05) is 6.08 Å². The lowest BCUT2D eigenvalue weighted by molar-refractivity contribution is -0.332. The van der Waals surface area contributed by atoms with Crippen LogP contribution in [0.1, 0.15) is 136 Å². The number of carbonyl (C=O) groups is 1. The zero-order valence-corrected chi connectivity index (χ0v) is 41.0. The summed E-state index contributed by atoms with van der Waals surface area (Å²) in [7, 11) is 0. The Morgan fingerprint density at radius 2 is 0.956 bits per heavy atom. The fraction of sp³-hybridized carbons (Fsp3) is 0.685. The number of carbonyl (C=O) groups excluding carboxylic acids is 1. The number of ether oxygens (including phenoxy) is 6. The molecule has 0 saturated carbocycles. The molecule has 11 atom stereocenters. The molecular weight excluding hydrogens is 873 g/mol. The van der Waals surface area contributed by atoms with Gasteiger partial charge in [0.05, 0.1) is 26.4 Å². The van der Waals surface area contributed by atoms with E-state index in [-0.39, 0.29) is 19.6 Å². The van der Waals surface area contributed by atoms with Gasteiger partial charge in [-0.25, -0.2) is 0 Å². The number of unbranched alkanes of at least 4 members (excludes halogenated alkanes) is 8. The van der Waals surface area contributed by atoms with Crippen LogP contribution in [0.25, 0.3) is 0 Å². The van der Waals surface area contributed by atoms with Crippen molar-refractivity contribution in [3.63, 3.8) is 0 Å². The Morgan fingerprint density at radius 3 is 1.51 bits per heavy atom. The first-order valence-electron chi connectivity index (χ1n) is 25.3. The zero-order chi connectivity index (χ0) is 49.5. The van der Waals surface area contributed by atoms with Gasteiger partial charge in [-0.3, -0.25) is 4.79 Å². The predicted molar refractivity (Wildman–Crippen MR) is 265 cm³/mol. The molecule has 0 aliphatic carbocycles. The molecule has 2 aliphatic heterocycles. The molecule has 2 heterocycles. The Morgan fingerprint density at radius 1 is 0.500 bits per heavy atom. The Bertz CT molecular complexity index is 1490. The molecule has 11 unspecified atom stereocenters. The van der Waals surface area contributed by atoms with Gasteiger partial charge in [0.1, 0.15) is 54.9 Å². The van der Waals surface area contributed by atoms with Crippen LogP contribution in [-0.4, -0.2) is 142 Å². The second kappa shape index (κ2) is 40.6. The van der Waals surface area contributed by atoms with E-state index in [1.54, 1.807) is 0 Å². The van der Waals surface area contributed by atoms with E-state index >= 15 is 0 Å². The Labute approximate surface area is 407 Å². The Balaban J connectivity index is 1.79. The summed E-state index contributed by atoms with van der Waals surface area (Å²) < 4.78 is 34.1. The minimum Gasteiger partial charge on any atom is -0.457 e. The summed E-state index contributed by atoms with van der Waals surface area (Å²) in [6.45, 7) is 3.39. The van der Waals surface area contributed by atoms with Gasteiger partial charge in [-0.1, -0.05) is 143 Å². The van der Waals surface area contributed by atoms with Gasteiger partial charge in [0.25, 0.3) is 0 Å². The van der Waals surface area contributed by atoms with Crippen molar-refractivity contribution < 1.29 is 69.0 Å². The Hall–Kier alpha value is -3.09. The minimum absolute atomic E-state index is 0.0271. The van der Waals surface area contributed by atoms with E-state index in [9.17, 15) is 40.5 Å². The molecule has 14 heteroatoms. The average Bonchev–Trinajstić information content (AvgIpc) is 3.33. The lowest BCUT2D eigenvalue weighted by atomic mass is 9.98. The number of aliphatic hydroxyl groups is 7. The van der Waals surface area contributed by atoms with Gasteiger partial charge in [-0.15, -0.1) is 0 Å². The first-order chi connectivity index (χ1) is 33.1. The molecule has 68 heavy (non-hydrogen) atoms. The van der Waals surface area contributed by atoms with Crippen LogP contribution in [0, 0.1) is 0 Å². The van der Waals surface area contributed by atoms with Crippen molar-refractivity contribution >= 4 is 5.97 Å². The van der Waals surface area contributed by atoms with Gasteiger partial charge < -0.3 is 64.2 Å². The number of esters is 1. The van der Waals surface area contributed by atoms with Crippen molar-refractivity contribution in [3.8, 4) is 0 Å². The van der Waals surface area contributed by atoms with Crippen LogP contribution in [0.15, 0.2) is 97.2 Å². The lowest BCUT2D eigenvalue weighted by Crippen LogP contribution is -2.61. The summed E-state index contributed by atoms with van der Waals surface area (Å²) >= 11 is 0. The van der Waals surface area contributed by atoms with Crippen molar-refractivity contribution in [1.29, 1.82) is 0 Å². The number of aliphatic hydroxyl groups excluding tert-OH is 7. The maximum atomic E-state index is 13.0. The van der Waals surface area contributed by atoms with E-state index in [0.29, 0.717) is 19.4 Å². The summed E-state index contributed by atoms with van der Waals surface area (Å²) in [5.74, 6) is -0.441. The summed E-state index contributed by atoms with van der Waals surface area (Å²) in [6, 6.07) is 0. The fourth-order valence-corrected chi connectivity index (χ4v) is 7.22. The molecule has 2 fully saturated rings. The molecule has 14 nitrogen and oxygen atoms in total. The molecule has 0 aromatic carbocycles. The molecule has 0 bridgehead atoms. The van der Waals surface area contributed by atoms with Gasteiger partial charge in [-0.05, 0) is 83.5 Å².